The summed E-state index contributed by atoms with van der Waals surface area (Å²) in [6.45, 7) is 0. The second-order valence-electron chi connectivity index (χ2n) is 6.60. The van der Waals surface area contributed by atoms with Gasteiger partial charge < -0.3 is 9.68 Å². The molecular formula is C24H20BO2Si. The molecule has 0 unspecified atom stereocenters. The molecule has 0 aliphatic heterocycles. The average molecular weight is 379 g/mol. The van der Waals surface area contributed by atoms with E-state index in [0.29, 0.717) is 5.75 Å². The van der Waals surface area contributed by atoms with Gasteiger partial charge in [0, 0.05) is 0 Å². The largest absolute Gasteiger partial charge is 0.569 e. The molecule has 4 aromatic carbocycles. The van der Waals surface area contributed by atoms with Crippen LogP contribution in [0.15, 0.2) is 115 Å². The summed E-state index contributed by atoms with van der Waals surface area (Å²) in [5.41, 5.74) is 0. The van der Waals surface area contributed by atoms with Gasteiger partial charge in [-0.1, -0.05) is 103 Å². The van der Waals surface area contributed by atoms with Crippen molar-refractivity contribution in [1.82, 2.24) is 0 Å². The van der Waals surface area contributed by atoms with E-state index in [9.17, 15) is 0 Å². The first-order valence-electron chi connectivity index (χ1n) is 9.25. The van der Waals surface area contributed by atoms with E-state index in [0.717, 1.165) is 7.69 Å². The zero-order chi connectivity index (χ0) is 19.2. The van der Waals surface area contributed by atoms with Crippen LogP contribution in [0.3, 0.4) is 0 Å². The molecule has 2 nitrogen and oxygen atoms in total. The van der Waals surface area contributed by atoms with Crippen molar-refractivity contribution in [2.45, 2.75) is 0 Å². The van der Waals surface area contributed by atoms with Crippen LogP contribution in [0.4, 0.5) is 0 Å². The van der Waals surface area contributed by atoms with Gasteiger partial charge in [-0.3, -0.25) is 0 Å². The molecule has 0 amide bonds. The first kappa shape index (κ1) is 18.3. The summed E-state index contributed by atoms with van der Waals surface area (Å²) in [6, 6.07) is 40.2. The van der Waals surface area contributed by atoms with Crippen LogP contribution in [0, 0.1) is 0 Å². The van der Waals surface area contributed by atoms with Gasteiger partial charge in [0.1, 0.15) is 0 Å². The highest BCUT2D eigenvalue weighted by Crippen LogP contribution is 2.13. The molecule has 1 radical (unpaired) electrons. The summed E-state index contributed by atoms with van der Waals surface area (Å²) in [5.74, 6) is 0.625. The number of rotatable bonds is 6. The summed E-state index contributed by atoms with van der Waals surface area (Å²) in [5, 5.41) is 14.2. The lowest BCUT2D eigenvalue weighted by Crippen LogP contribution is -2.74. The monoisotopic (exact) mass is 379 g/mol. The van der Waals surface area contributed by atoms with E-state index < -0.39 is 8.07 Å². The van der Waals surface area contributed by atoms with Gasteiger partial charge >= 0.3 is 7.69 Å². The van der Waals surface area contributed by atoms with E-state index in [1.165, 1.54) is 20.7 Å². The normalized spacial score (nSPS) is 11.0. The maximum Gasteiger partial charge on any atom is 0.569 e. The van der Waals surface area contributed by atoms with Gasteiger partial charge in [0.25, 0.3) is 0 Å². The van der Waals surface area contributed by atoms with E-state index in [4.69, 9.17) is 9.68 Å². The van der Waals surface area contributed by atoms with Crippen LogP contribution in [0.5, 0.6) is 5.75 Å². The molecule has 0 aliphatic rings. The average Bonchev–Trinajstić information content (AvgIpc) is 2.77. The third-order valence-electron chi connectivity index (χ3n) is 5.08. The maximum absolute atomic E-state index is 9.13. The summed E-state index contributed by atoms with van der Waals surface area (Å²) >= 11 is 0. The maximum atomic E-state index is 9.13. The second-order valence-corrected chi connectivity index (χ2v) is 10.4. The lowest BCUT2D eigenvalue weighted by Gasteiger charge is -2.34. The molecule has 0 atom stereocenters. The van der Waals surface area contributed by atoms with Crippen LogP contribution in [-0.4, -0.2) is 20.8 Å². The zero-order valence-electron chi connectivity index (χ0n) is 15.4. The summed E-state index contributed by atoms with van der Waals surface area (Å²) in [7, 11) is -1.80. The third kappa shape index (κ3) is 3.28. The van der Waals surface area contributed by atoms with Crippen molar-refractivity contribution < 1.29 is 9.68 Å². The molecule has 4 rings (SSSR count). The smallest absolute Gasteiger partial charge is 0.537 e. The fourth-order valence-corrected chi connectivity index (χ4v) is 8.71. The van der Waals surface area contributed by atoms with Crippen LogP contribution in [0.25, 0.3) is 0 Å². The summed E-state index contributed by atoms with van der Waals surface area (Å²) in [6.07, 6.45) is 0. The molecule has 0 aliphatic carbocycles. The van der Waals surface area contributed by atoms with E-state index in [2.05, 4.69) is 97.1 Å². The summed E-state index contributed by atoms with van der Waals surface area (Å²) in [4.78, 5) is 0. The fourth-order valence-electron chi connectivity index (χ4n) is 3.93. The van der Waals surface area contributed by atoms with Crippen molar-refractivity contribution in [1.29, 1.82) is 0 Å². The Morgan fingerprint density at radius 1 is 0.536 bits per heavy atom. The van der Waals surface area contributed by atoms with Gasteiger partial charge in [0.2, 0.25) is 0 Å². The fraction of sp³-hybridized carbons (Fsp3) is 0. The lowest BCUT2D eigenvalue weighted by molar-refractivity contribution is 0.454. The van der Waals surface area contributed by atoms with Crippen molar-refractivity contribution in [3.63, 3.8) is 0 Å². The molecule has 0 saturated carbocycles. The Morgan fingerprint density at radius 2 is 0.964 bits per heavy atom. The molecule has 0 aromatic heterocycles. The number of benzene rings is 4. The van der Waals surface area contributed by atoms with Crippen molar-refractivity contribution in [2.24, 2.45) is 0 Å². The quantitative estimate of drug-likeness (QED) is 0.410. The molecule has 28 heavy (non-hydrogen) atoms. The van der Waals surface area contributed by atoms with E-state index in [1.54, 1.807) is 0 Å². The topological polar surface area (TPSA) is 29.5 Å². The first-order valence-corrected chi connectivity index (χ1v) is 11.3. The highest BCUT2D eigenvalue weighted by atomic mass is 28.3. The molecule has 4 heteroatoms. The predicted octanol–water partition coefficient (Wildman–Crippen LogP) is 1.97. The Bertz CT molecular complexity index is 927. The van der Waals surface area contributed by atoms with Crippen molar-refractivity contribution >= 4 is 36.5 Å². The minimum atomic E-state index is -2.54. The predicted molar refractivity (Wildman–Crippen MR) is 119 cm³/mol. The highest BCUT2D eigenvalue weighted by molar-refractivity contribution is 7.19. The van der Waals surface area contributed by atoms with Crippen LogP contribution < -0.4 is 25.4 Å². The second kappa shape index (κ2) is 8.30. The first-order chi connectivity index (χ1) is 13.9. The standard InChI is InChI=1S/C24H20BO2Si/c26-25-27-20-11-10-18-24(19-20)28(21-12-4-1-5-13-21,22-14-6-2-7-15-22)23-16-8-3-9-17-23/h1-19,26H. The lowest BCUT2D eigenvalue weighted by atomic mass is 10.3. The number of hydrogen-bond acceptors (Lipinski definition) is 2. The van der Waals surface area contributed by atoms with E-state index >= 15 is 0 Å². The van der Waals surface area contributed by atoms with E-state index in [-0.39, 0.29) is 0 Å². The van der Waals surface area contributed by atoms with Gasteiger partial charge in [-0.05, 0) is 32.9 Å². The van der Waals surface area contributed by atoms with Crippen LogP contribution in [0.2, 0.25) is 0 Å². The van der Waals surface area contributed by atoms with Crippen molar-refractivity contribution in [3.05, 3.63) is 115 Å². The molecule has 0 bridgehead atoms. The Labute approximate surface area is 167 Å². The Hall–Kier alpha value is -3.08. The van der Waals surface area contributed by atoms with Crippen LogP contribution in [0.1, 0.15) is 0 Å². The molecule has 0 spiro atoms. The van der Waals surface area contributed by atoms with Gasteiger partial charge in [-0.2, -0.15) is 0 Å². The van der Waals surface area contributed by atoms with Crippen LogP contribution in [-0.2, 0) is 0 Å². The van der Waals surface area contributed by atoms with Gasteiger partial charge in [0.15, 0.2) is 8.07 Å². The van der Waals surface area contributed by atoms with E-state index in [1.807, 2.05) is 18.2 Å². The Morgan fingerprint density at radius 3 is 1.39 bits per heavy atom. The minimum absolute atomic E-state index is 0.625. The number of hydrogen-bond donors (Lipinski definition) is 1. The molecule has 0 fully saturated rings. The molecule has 135 valence electrons. The highest BCUT2D eigenvalue weighted by Gasteiger charge is 2.41. The summed E-state index contributed by atoms with van der Waals surface area (Å²) < 4.78 is 5.30. The van der Waals surface area contributed by atoms with Gasteiger partial charge in [-0.15, -0.1) is 0 Å². The van der Waals surface area contributed by atoms with Crippen LogP contribution >= 0.6 is 0 Å². The minimum Gasteiger partial charge on any atom is -0.537 e. The van der Waals surface area contributed by atoms with Gasteiger partial charge in [0.05, 0.1) is 5.75 Å². The Kier molecular flexibility index (Phi) is 5.42. The zero-order valence-corrected chi connectivity index (χ0v) is 16.4. The molecule has 0 heterocycles. The van der Waals surface area contributed by atoms with Crippen molar-refractivity contribution in [3.8, 4) is 5.75 Å². The SMILES string of the molecule is O[B]Oc1cccc([Si](c2ccccc2)(c2ccccc2)c2ccccc2)c1. The Balaban J connectivity index is 2.09. The molecule has 4 aromatic rings. The molecular weight excluding hydrogens is 359 g/mol. The molecule has 1 N–H and O–H groups in total. The third-order valence-corrected chi connectivity index (χ3v) is 9.85. The molecule has 0 saturated heterocycles. The van der Waals surface area contributed by atoms with Crippen molar-refractivity contribution in [2.75, 3.05) is 0 Å². The van der Waals surface area contributed by atoms with Gasteiger partial charge in [-0.25, -0.2) is 0 Å².